The second-order valence-electron chi connectivity index (χ2n) is 4.63. The number of carboxylic acid groups (broad SMARTS) is 1. The summed E-state index contributed by atoms with van der Waals surface area (Å²) in [6, 6.07) is -1.51. The summed E-state index contributed by atoms with van der Waals surface area (Å²) in [4.78, 5) is 36.3. The third kappa shape index (κ3) is 4.38. The first-order chi connectivity index (χ1) is 9.51. The molecule has 8 heteroatoms. The van der Waals surface area contributed by atoms with Crippen LogP contribution in [-0.2, 0) is 14.4 Å². The van der Waals surface area contributed by atoms with Gasteiger partial charge in [-0.1, -0.05) is 0 Å². The third-order valence-corrected chi connectivity index (χ3v) is 3.92. The molecular formula is C12H21N3O4S. The van der Waals surface area contributed by atoms with Crippen LogP contribution in [0.3, 0.4) is 0 Å². The first-order valence-electron chi connectivity index (χ1n) is 6.53. The van der Waals surface area contributed by atoms with Crippen molar-refractivity contribution in [1.29, 1.82) is 0 Å². The summed E-state index contributed by atoms with van der Waals surface area (Å²) >= 11 is 1.52. The van der Waals surface area contributed by atoms with Crippen molar-refractivity contribution in [2.45, 2.75) is 31.3 Å². The first-order valence-corrected chi connectivity index (χ1v) is 7.92. The molecule has 0 spiro atoms. The molecule has 1 heterocycles. The van der Waals surface area contributed by atoms with E-state index in [0.717, 1.165) is 6.42 Å². The van der Waals surface area contributed by atoms with E-state index in [1.165, 1.54) is 16.7 Å². The van der Waals surface area contributed by atoms with Crippen molar-refractivity contribution in [1.82, 2.24) is 10.2 Å². The van der Waals surface area contributed by atoms with Gasteiger partial charge >= 0.3 is 5.97 Å². The van der Waals surface area contributed by atoms with E-state index in [2.05, 4.69) is 5.32 Å². The maximum absolute atomic E-state index is 12.1. The molecule has 7 nitrogen and oxygen atoms in total. The predicted octanol–water partition coefficient (Wildman–Crippen LogP) is -0.741. The van der Waals surface area contributed by atoms with E-state index in [9.17, 15) is 14.4 Å². The van der Waals surface area contributed by atoms with Crippen molar-refractivity contribution in [3.8, 4) is 0 Å². The van der Waals surface area contributed by atoms with E-state index in [4.69, 9.17) is 10.8 Å². The number of rotatable bonds is 7. The minimum Gasteiger partial charge on any atom is -0.480 e. The van der Waals surface area contributed by atoms with Crippen molar-refractivity contribution >= 4 is 29.5 Å². The molecule has 114 valence electrons. The summed E-state index contributed by atoms with van der Waals surface area (Å²) in [5.74, 6) is -1.09. The number of hydrogen-bond donors (Lipinski definition) is 3. The summed E-state index contributed by atoms with van der Waals surface area (Å²) in [7, 11) is 0. The highest BCUT2D eigenvalue weighted by Crippen LogP contribution is 2.17. The molecule has 0 bridgehead atoms. The lowest BCUT2D eigenvalue weighted by Crippen LogP contribution is -2.52. The van der Waals surface area contributed by atoms with E-state index in [1.54, 1.807) is 0 Å². The van der Waals surface area contributed by atoms with Gasteiger partial charge in [-0.25, -0.2) is 4.79 Å². The molecule has 1 saturated heterocycles. The van der Waals surface area contributed by atoms with Crippen LogP contribution in [0.4, 0.5) is 0 Å². The van der Waals surface area contributed by atoms with Gasteiger partial charge in [0.05, 0.1) is 6.54 Å². The minimum absolute atomic E-state index is 0.140. The molecule has 0 aromatic carbocycles. The van der Waals surface area contributed by atoms with Crippen LogP contribution in [0.15, 0.2) is 0 Å². The summed E-state index contributed by atoms with van der Waals surface area (Å²) in [6.07, 6.45) is 3.51. The van der Waals surface area contributed by atoms with Crippen LogP contribution >= 0.6 is 11.8 Å². The number of aliphatic carboxylic acids is 1. The topological polar surface area (TPSA) is 113 Å². The summed E-state index contributed by atoms with van der Waals surface area (Å²) in [5, 5.41) is 11.6. The highest BCUT2D eigenvalue weighted by atomic mass is 32.2. The number of carbonyl (C=O) groups is 3. The molecule has 4 N–H and O–H groups in total. The lowest BCUT2D eigenvalue weighted by molar-refractivity contribution is -0.143. The van der Waals surface area contributed by atoms with Gasteiger partial charge < -0.3 is 21.1 Å². The molecule has 1 aliphatic heterocycles. The largest absolute Gasteiger partial charge is 0.480 e. The zero-order chi connectivity index (χ0) is 15.1. The SMILES string of the molecule is CSCCC(NC(=O)C1CCCN1C(=O)CN)C(=O)O. The van der Waals surface area contributed by atoms with Gasteiger partial charge in [0.15, 0.2) is 0 Å². The van der Waals surface area contributed by atoms with Gasteiger partial charge in [-0.3, -0.25) is 9.59 Å². The Balaban J connectivity index is 2.63. The smallest absolute Gasteiger partial charge is 0.326 e. The fraction of sp³-hybridized carbons (Fsp3) is 0.750. The van der Waals surface area contributed by atoms with Gasteiger partial charge in [0.25, 0.3) is 0 Å². The second kappa shape index (κ2) is 8.11. The van der Waals surface area contributed by atoms with Crippen LogP contribution in [0.2, 0.25) is 0 Å². The highest BCUT2D eigenvalue weighted by Gasteiger charge is 2.35. The maximum atomic E-state index is 12.1. The normalized spacial score (nSPS) is 19.7. The number of thioether (sulfide) groups is 1. The van der Waals surface area contributed by atoms with Gasteiger partial charge in [0.1, 0.15) is 12.1 Å². The highest BCUT2D eigenvalue weighted by molar-refractivity contribution is 7.98. The zero-order valence-electron chi connectivity index (χ0n) is 11.5. The Bertz CT molecular complexity index is 378. The van der Waals surface area contributed by atoms with E-state index >= 15 is 0 Å². The molecule has 1 rings (SSSR count). The van der Waals surface area contributed by atoms with Crippen LogP contribution in [0.1, 0.15) is 19.3 Å². The zero-order valence-corrected chi connectivity index (χ0v) is 12.3. The molecule has 0 aromatic heterocycles. The molecular weight excluding hydrogens is 282 g/mol. The Morgan fingerprint density at radius 3 is 2.75 bits per heavy atom. The van der Waals surface area contributed by atoms with Crippen molar-refractivity contribution in [3.63, 3.8) is 0 Å². The number of nitrogens with zero attached hydrogens (tertiary/aromatic N) is 1. The standard InChI is InChI=1S/C12H21N3O4S/c1-20-6-4-8(12(18)19)14-11(17)9-3-2-5-15(9)10(16)7-13/h8-9H,2-7,13H2,1H3,(H,14,17)(H,18,19). The van der Waals surface area contributed by atoms with Gasteiger partial charge in [0.2, 0.25) is 11.8 Å². The molecule has 0 aliphatic carbocycles. The lowest BCUT2D eigenvalue weighted by atomic mass is 10.1. The minimum atomic E-state index is -1.05. The summed E-state index contributed by atoms with van der Waals surface area (Å²) in [5.41, 5.74) is 5.31. The van der Waals surface area contributed by atoms with Gasteiger partial charge in [0, 0.05) is 6.54 Å². The van der Waals surface area contributed by atoms with E-state index < -0.39 is 24.0 Å². The van der Waals surface area contributed by atoms with Crippen LogP contribution in [0.5, 0.6) is 0 Å². The molecule has 2 atom stereocenters. The van der Waals surface area contributed by atoms with E-state index in [-0.39, 0.29) is 12.5 Å². The molecule has 1 aliphatic rings. The Labute approximate surface area is 122 Å². The molecule has 1 fully saturated rings. The fourth-order valence-corrected chi connectivity index (χ4v) is 2.69. The molecule has 0 aromatic rings. The van der Waals surface area contributed by atoms with Gasteiger partial charge in [-0.05, 0) is 31.3 Å². The predicted molar refractivity (Wildman–Crippen MR) is 76.4 cm³/mol. The van der Waals surface area contributed by atoms with E-state index in [1.807, 2.05) is 6.26 Å². The van der Waals surface area contributed by atoms with Crippen LogP contribution in [0, 0.1) is 0 Å². The Morgan fingerprint density at radius 1 is 1.50 bits per heavy atom. The quantitative estimate of drug-likeness (QED) is 0.571. The van der Waals surface area contributed by atoms with Crippen LogP contribution < -0.4 is 11.1 Å². The number of nitrogens with one attached hydrogen (secondary N) is 1. The average molecular weight is 303 g/mol. The van der Waals surface area contributed by atoms with Crippen LogP contribution in [-0.4, -0.2) is 65.0 Å². The third-order valence-electron chi connectivity index (χ3n) is 3.28. The van der Waals surface area contributed by atoms with Crippen LogP contribution in [0.25, 0.3) is 0 Å². The maximum Gasteiger partial charge on any atom is 0.326 e. The van der Waals surface area contributed by atoms with Crippen molar-refractivity contribution in [2.75, 3.05) is 25.1 Å². The number of nitrogens with two attached hydrogens (primary N) is 1. The monoisotopic (exact) mass is 303 g/mol. The van der Waals surface area contributed by atoms with Crippen molar-refractivity contribution < 1.29 is 19.5 Å². The average Bonchev–Trinajstić information content (AvgIpc) is 2.91. The Morgan fingerprint density at radius 2 is 2.20 bits per heavy atom. The first kappa shape index (κ1) is 16.8. The molecule has 2 unspecified atom stereocenters. The van der Waals surface area contributed by atoms with E-state index in [0.29, 0.717) is 25.1 Å². The lowest BCUT2D eigenvalue weighted by Gasteiger charge is -2.25. The molecule has 20 heavy (non-hydrogen) atoms. The molecule has 2 amide bonds. The number of carboxylic acids is 1. The Kier molecular flexibility index (Phi) is 6.80. The van der Waals surface area contributed by atoms with Crippen molar-refractivity contribution in [2.24, 2.45) is 5.73 Å². The fourth-order valence-electron chi connectivity index (χ4n) is 2.22. The van der Waals surface area contributed by atoms with Gasteiger partial charge in [-0.2, -0.15) is 11.8 Å². The molecule has 0 saturated carbocycles. The second-order valence-corrected chi connectivity index (χ2v) is 5.62. The summed E-state index contributed by atoms with van der Waals surface area (Å²) < 4.78 is 0. The number of hydrogen-bond acceptors (Lipinski definition) is 5. The van der Waals surface area contributed by atoms with Crippen molar-refractivity contribution in [3.05, 3.63) is 0 Å². The molecule has 0 radical (unpaired) electrons. The number of amides is 2. The summed E-state index contributed by atoms with van der Waals surface area (Å²) in [6.45, 7) is 0.356. The Hall–Kier alpha value is -1.28. The van der Waals surface area contributed by atoms with Gasteiger partial charge in [-0.15, -0.1) is 0 Å². The number of carbonyl (C=O) groups excluding carboxylic acids is 2. The number of likely N-dealkylation sites (tertiary alicyclic amines) is 1.